The maximum atomic E-state index is 12.6. The van der Waals surface area contributed by atoms with Crippen LogP contribution in [-0.4, -0.2) is 17.5 Å². The number of benzene rings is 2. The summed E-state index contributed by atoms with van der Waals surface area (Å²) in [6.45, 7) is 2.57. The normalized spacial score (nSPS) is 10.6. The van der Waals surface area contributed by atoms with Gasteiger partial charge >= 0.3 is 0 Å². The Hall–Kier alpha value is -2.13. The second-order valence-corrected chi connectivity index (χ2v) is 4.79. The van der Waals surface area contributed by atoms with Crippen LogP contribution in [0.25, 0.3) is 0 Å². The van der Waals surface area contributed by atoms with Crippen LogP contribution >= 0.6 is 0 Å². The van der Waals surface area contributed by atoms with Gasteiger partial charge in [0, 0.05) is 6.54 Å². The molecule has 0 fully saturated rings. The van der Waals surface area contributed by atoms with Crippen LogP contribution in [0.15, 0.2) is 60.7 Å². The van der Waals surface area contributed by atoms with E-state index in [0.717, 1.165) is 17.5 Å². The fourth-order valence-corrected chi connectivity index (χ4v) is 2.29. The van der Waals surface area contributed by atoms with Gasteiger partial charge in [0.05, 0.1) is 5.92 Å². The maximum Gasteiger partial charge on any atom is 0.248 e. The summed E-state index contributed by atoms with van der Waals surface area (Å²) in [6.07, 6.45) is 0.846. The Bertz CT molecular complexity index is 500. The number of hydrogen-bond acceptors (Lipinski definition) is 2. The molecule has 104 valence electrons. The molecule has 0 saturated carbocycles. The summed E-state index contributed by atoms with van der Waals surface area (Å²) < 4.78 is 0. The predicted octanol–water partition coefficient (Wildman–Crippen LogP) is 2.93. The molecule has 0 aliphatic heterocycles. The number of carbonyl (C=O) groups excluding carboxylic acids is 1. The van der Waals surface area contributed by atoms with Crippen LogP contribution in [0.5, 0.6) is 0 Å². The van der Waals surface area contributed by atoms with Crippen molar-refractivity contribution in [2.75, 3.05) is 6.54 Å². The van der Waals surface area contributed by atoms with Gasteiger partial charge in [-0.25, -0.2) is 5.84 Å². The molecule has 1 amide bonds. The van der Waals surface area contributed by atoms with E-state index < -0.39 is 0 Å². The molecule has 0 heterocycles. The fraction of sp³-hybridized carbons (Fsp3) is 0.235. The molecule has 2 rings (SSSR count). The van der Waals surface area contributed by atoms with Gasteiger partial charge in [0.1, 0.15) is 0 Å². The molecule has 0 aliphatic rings. The highest BCUT2D eigenvalue weighted by Crippen LogP contribution is 2.26. The summed E-state index contributed by atoms with van der Waals surface area (Å²) in [5.41, 5.74) is 1.94. The third-order valence-electron chi connectivity index (χ3n) is 3.26. The second-order valence-electron chi connectivity index (χ2n) is 4.79. The van der Waals surface area contributed by atoms with Crippen molar-refractivity contribution in [2.45, 2.75) is 19.3 Å². The SMILES string of the molecule is CCCN(N)C(=O)C(c1ccccc1)c1ccccc1. The van der Waals surface area contributed by atoms with Crippen LogP contribution in [-0.2, 0) is 4.79 Å². The molecule has 0 aromatic heterocycles. The Balaban J connectivity index is 2.38. The highest BCUT2D eigenvalue weighted by atomic mass is 16.2. The first kappa shape index (κ1) is 14.3. The van der Waals surface area contributed by atoms with Crippen molar-refractivity contribution in [1.29, 1.82) is 0 Å². The topological polar surface area (TPSA) is 46.3 Å². The van der Waals surface area contributed by atoms with Crippen molar-refractivity contribution in [3.05, 3.63) is 71.8 Å². The zero-order valence-corrected chi connectivity index (χ0v) is 11.7. The summed E-state index contributed by atoms with van der Waals surface area (Å²) in [5, 5.41) is 1.32. The lowest BCUT2D eigenvalue weighted by Crippen LogP contribution is -2.41. The van der Waals surface area contributed by atoms with Crippen LogP contribution in [0.4, 0.5) is 0 Å². The van der Waals surface area contributed by atoms with Crippen LogP contribution in [0, 0.1) is 0 Å². The van der Waals surface area contributed by atoms with Gasteiger partial charge < -0.3 is 0 Å². The highest BCUT2D eigenvalue weighted by Gasteiger charge is 2.25. The van der Waals surface area contributed by atoms with Gasteiger partial charge in [-0.1, -0.05) is 67.6 Å². The third-order valence-corrected chi connectivity index (χ3v) is 3.26. The number of hydrazine groups is 1. The largest absolute Gasteiger partial charge is 0.280 e. The molecule has 0 bridgehead atoms. The Morgan fingerprint density at radius 1 is 1.00 bits per heavy atom. The molecule has 2 aromatic rings. The molecule has 0 saturated heterocycles. The van der Waals surface area contributed by atoms with Gasteiger partial charge in [0.15, 0.2) is 0 Å². The standard InChI is InChI=1S/C17H20N2O/c1-2-13-19(18)17(20)16(14-9-5-3-6-10-14)15-11-7-4-8-12-15/h3-12,16H,2,13,18H2,1H3. The Labute approximate surface area is 120 Å². The van der Waals surface area contributed by atoms with Crippen molar-refractivity contribution >= 4 is 5.91 Å². The predicted molar refractivity (Wildman–Crippen MR) is 80.9 cm³/mol. The summed E-state index contributed by atoms with van der Waals surface area (Å²) in [7, 11) is 0. The molecule has 0 atom stereocenters. The summed E-state index contributed by atoms with van der Waals surface area (Å²) in [4.78, 5) is 12.6. The molecule has 0 unspecified atom stereocenters. The van der Waals surface area contributed by atoms with E-state index >= 15 is 0 Å². The van der Waals surface area contributed by atoms with Crippen LogP contribution in [0.3, 0.4) is 0 Å². The van der Waals surface area contributed by atoms with Gasteiger partial charge in [-0.15, -0.1) is 0 Å². The first-order valence-electron chi connectivity index (χ1n) is 6.90. The van der Waals surface area contributed by atoms with E-state index in [4.69, 9.17) is 5.84 Å². The maximum absolute atomic E-state index is 12.6. The fourth-order valence-electron chi connectivity index (χ4n) is 2.29. The quantitative estimate of drug-likeness (QED) is 0.515. The molecule has 0 aliphatic carbocycles. The Morgan fingerprint density at radius 3 is 1.85 bits per heavy atom. The zero-order valence-electron chi connectivity index (χ0n) is 11.7. The first-order chi connectivity index (χ1) is 9.74. The molecular weight excluding hydrogens is 248 g/mol. The molecule has 20 heavy (non-hydrogen) atoms. The van der Waals surface area contributed by atoms with Crippen LogP contribution in [0.1, 0.15) is 30.4 Å². The lowest BCUT2D eigenvalue weighted by Gasteiger charge is -2.23. The van der Waals surface area contributed by atoms with Crippen LogP contribution in [0.2, 0.25) is 0 Å². The molecule has 2 aromatic carbocycles. The molecule has 0 radical (unpaired) electrons. The number of rotatable bonds is 5. The van der Waals surface area contributed by atoms with E-state index in [2.05, 4.69) is 0 Å². The monoisotopic (exact) mass is 268 g/mol. The van der Waals surface area contributed by atoms with Crippen molar-refractivity contribution in [1.82, 2.24) is 5.01 Å². The number of carbonyl (C=O) groups is 1. The first-order valence-corrected chi connectivity index (χ1v) is 6.90. The Morgan fingerprint density at radius 2 is 1.45 bits per heavy atom. The molecule has 3 heteroatoms. The Kier molecular flexibility index (Phi) is 4.91. The van der Waals surface area contributed by atoms with E-state index in [1.807, 2.05) is 67.6 Å². The molecule has 3 nitrogen and oxygen atoms in total. The van der Waals surface area contributed by atoms with E-state index in [-0.39, 0.29) is 11.8 Å². The summed E-state index contributed by atoms with van der Waals surface area (Å²) in [5.74, 6) is 5.48. The van der Waals surface area contributed by atoms with Crippen LogP contribution < -0.4 is 5.84 Å². The average Bonchev–Trinajstić information content (AvgIpc) is 2.50. The summed E-state index contributed by atoms with van der Waals surface area (Å²) >= 11 is 0. The minimum atomic E-state index is -0.339. The highest BCUT2D eigenvalue weighted by molar-refractivity contribution is 5.86. The van der Waals surface area contributed by atoms with Gasteiger partial charge in [-0.05, 0) is 17.5 Å². The lowest BCUT2D eigenvalue weighted by atomic mass is 9.90. The van der Waals surface area contributed by atoms with Gasteiger partial charge in [0.25, 0.3) is 0 Å². The van der Waals surface area contributed by atoms with Crippen molar-refractivity contribution in [3.8, 4) is 0 Å². The second kappa shape index (κ2) is 6.87. The number of amides is 1. The van der Waals surface area contributed by atoms with Gasteiger partial charge in [-0.3, -0.25) is 9.80 Å². The van der Waals surface area contributed by atoms with Gasteiger partial charge in [0.2, 0.25) is 5.91 Å². The van der Waals surface area contributed by atoms with Gasteiger partial charge in [-0.2, -0.15) is 0 Å². The number of nitrogens with zero attached hydrogens (tertiary/aromatic N) is 1. The smallest absolute Gasteiger partial charge is 0.248 e. The van der Waals surface area contributed by atoms with Crippen molar-refractivity contribution < 1.29 is 4.79 Å². The van der Waals surface area contributed by atoms with Crippen molar-refractivity contribution in [2.24, 2.45) is 5.84 Å². The molecule has 0 spiro atoms. The molecular formula is C17H20N2O. The van der Waals surface area contributed by atoms with E-state index in [1.54, 1.807) is 0 Å². The number of hydrogen-bond donors (Lipinski definition) is 1. The average molecular weight is 268 g/mol. The minimum Gasteiger partial charge on any atom is -0.280 e. The lowest BCUT2D eigenvalue weighted by molar-refractivity contribution is -0.132. The number of nitrogens with two attached hydrogens (primary N) is 1. The van der Waals surface area contributed by atoms with E-state index in [9.17, 15) is 4.79 Å². The van der Waals surface area contributed by atoms with E-state index in [1.165, 1.54) is 5.01 Å². The zero-order chi connectivity index (χ0) is 14.4. The third kappa shape index (κ3) is 3.25. The molecule has 2 N–H and O–H groups in total. The summed E-state index contributed by atoms with van der Waals surface area (Å²) in [6, 6.07) is 19.5. The minimum absolute atomic E-state index is 0.0655. The van der Waals surface area contributed by atoms with E-state index in [0.29, 0.717) is 6.54 Å². The van der Waals surface area contributed by atoms with Crippen molar-refractivity contribution in [3.63, 3.8) is 0 Å².